The van der Waals surface area contributed by atoms with Crippen molar-refractivity contribution in [3.63, 3.8) is 0 Å². The van der Waals surface area contributed by atoms with Crippen molar-refractivity contribution in [2.24, 2.45) is 0 Å². The highest BCUT2D eigenvalue weighted by molar-refractivity contribution is 7.89. The second kappa shape index (κ2) is 10.1. The van der Waals surface area contributed by atoms with Gasteiger partial charge in [-0.15, -0.1) is 11.3 Å². The van der Waals surface area contributed by atoms with Gasteiger partial charge in [-0.25, -0.2) is 13.4 Å². The molecule has 1 aromatic heterocycles. The van der Waals surface area contributed by atoms with Crippen LogP contribution in [0.2, 0.25) is 0 Å². The quantitative estimate of drug-likeness (QED) is 0.454. The van der Waals surface area contributed by atoms with Gasteiger partial charge in [0, 0.05) is 11.9 Å². The third-order valence-electron chi connectivity index (χ3n) is 4.49. The Morgan fingerprint density at radius 1 is 1.03 bits per heavy atom. The van der Waals surface area contributed by atoms with Gasteiger partial charge >= 0.3 is 0 Å². The first-order valence-corrected chi connectivity index (χ1v) is 12.0. The summed E-state index contributed by atoms with van der Waals surface area (Å²) in [5.41, 5.74) is 1.89. The topological polar surface area (TPSA) is 68.7 Å². The van der Waals surface area contributed by atoms with E-state index in [-0.39, 0.29) is 11.4 Å². The summed E-state index contributed by atoms with van der Waals surface area (Å²) in [6, 6.07) is 14.3. The van der Waals surface area contributed by atoms with Gasteiger partial charge in [0.15, 0.2) is 0 Å². The molecule has 0 saturated heterocycles. The third kappa shape index (κ3) is 5.59. The molecule has 0 unspecified atom stereocenters. The lowest BCUT2D eigenvalue weighted by Gasteiger charge is -2.21. The molecule has 2 aromatic carbocycles. The average Bonchev–Trinajstić information content (AvgIpc) is 3.20. The maximum atomic E-state index is 13.1. The van der Waals surface area contributed by atoms with Gasteiger partial charge in [0.05, 0.1) is 24.2 Å². The zero-order chi connectivity index (χ0) is 21.6. The van der Waals surface area contributed by atoms with E-state index in [2.05, 4.69) is 4.98 Å². The van der Waals surface area contributed by atoms with Crippen LogP contribution in [0.5, 0.6) is 11.5 Å². The Labute approximate surface area is 182 Å². The summed E-state index contributed by atoms with van der Waals surface area (Å²) in [6.07, 6.45) is 0.711. The van der Waals surface area contributed by atoms with Crippen LogP contribution in [-0.4, -0.2) is 31.4 Å². The molecule has 0 bridgehead atoms. The first-order chi connectivity index (χ1) is 14.4. The average molecular weight is 447 g/mol. The molecular formula is C22H26N2O4S2. The Morgan fingerprint density at radius 2 is 1.70 bits per heavy atom. The molecule has 160 valence electrons. The van der Waals surface area contributed by atoms with Crippen LogP contribution in [0.25, 0.3) is 0 Å². The fourth-order valence-electron chi connectivity index (χ4n) is 2.88. The number of rotatable bonds is 10. The molecule has 0 saturated carbocycles. The highest BCUT2D eigenvalue weighted by Crippen LogP contribution is 2.23. The predicted octanol–water partition coefficient (Wildman–Crippen LogP) is 4.64. The van der Waals surface area contributed by atoms with E-state index < -0.39 is 10.0 Å². The number of sulfonamides is 1. The summed E-state index contributed by atoms with van der Waals surface area (Å²) in [5.74, 6) is 1.40. The maximum absolute atomic E-state index is 13.1. The van der Waals surface area contributed by atoms with Crippen molar-refractivity contribution in [1.82, 2.24) is 9.29 Å². The third-order valence-corrected chi connectivity index (χ3v) is 7.22. The van der Waals surface area contributed by atoms with Gasteiger partial charge in [0.1, 0.15) is 23.1 Å². The van der Waals surface area contributed by atoms with Crippen molar-refractivity contribution in [3.8, 4) is 11.5 Å². The van der Waals surface area contributed by atoms with Gasteiger partial charge in [-0.05, 0) is 49.7 Å². The Morgan fingerprint density at radius 3 is 2.33 bits per heavy atom. The minimum Gasteiger partial charge on any atom is -0.497 e. The number of hydrogen-bond donors (Lipinski definition) is 0. The van der Waals surface area contributed by atoms with Crippen LogP contribution in [0.15, 0.2) is 58.8 Å². The van der Waals surface area contributed by atoms with Gasteiger partial charge < -0.3 is 9.47 Å². The number of methoxy groups -OCH3 is 1. The Kier molecular flexibility index (Phi) is 7.47. The molecule has 3 aromatic rings. The molecule has 8 heteroatoms. The fraction of sp³-hybridized carbons (Fsp3) is 0.318. The number of aryl methyl sites for hydroxylation is 1. The van der Waals surface area contributed by atoms with Crippen molar-refractivity contribution < 1.29 is 17.9 Å². The number of nitrogens with zero attached hydrogens (tertiary/aromatic N) is 2. The molecule has 6 nitrogen and oxygen atoms in total. The van der Waals surface area contributed by atoms with E-state index in [1.54, 1.807) is 31.4 Å². The second-order valence-electron chi connectivity index (χ2n) is 6.85. The maximum Gasteiger partial charge on any atom is 0.243 e. The standard InChI is InChI=1S/C22H26N2O4S2/c1-4-13-24(30(25,26)21-11-9-19(27-3)10-12-21)14-18-16-29-22(23-18)15-28-20-7-5-17(2)6-8-20/h5-12,16H,4,13-15H2,1-3H3. The highest BCUT2D eigenvalue weighted by atomic mass is 32.2. The second-order valence-corrected chi connectivity index (χ2v) is 9.73. The number of benzene rings is 2. The summed E-state index contributed by atoms with van der Waals surface area (Å²) < 4.78 is 38.6. The lowest BCUT2D eigenvalue weighted by atomic mass is 10.2. The van der Waals surface area contributed by atoms with Gasteiger partial charge in [0.25, 0.3) is 0 Å². The summed E-state index contributed by atoms with van der Waals surface area (Å²) >= 11 is 1.47. The number of ether oxygens (including phenoxy) is 2. The van der Waals surface area contributed by atoms with Crippen molar-refractivity contribution >= 4 is 21.4 Å². The molecule has 0 aliphatic carbocycles. The predicted molar refractivity (Wildman–Crippen MR) is 119 cm³/mol. The van der Waals surface area contributed by atoms with Crippen molar-refractivity contribution in [2.45, 2.75) is 38.3 Å². The van der Waals surface area contributed by atoms with Crippen molar-refractivity contribution in [3.05, 3.63) is 70.2 Å². The molecular weight excluding hydrogens is 420 g/mol. The fourth-order valence-corrected chi connectivity index (χ4v) is 5.08. The Bertz CT molecular complexity index is 1050. The van der Waals surface area contributed by atoms with Gasteiger partial charge in [-0.1, -0.05) is 24.6 Å². The lowest BCUT2D eigenvalue weighted by Crippen LogP contribution is -2.31. The molecule has 0 N–H and O–H groups in total. The van der Waals surface area contributed by atoms with E-state index in [9.17, 15) is 8.42 Å². The van der Waals surface area contributed by atoms with E-state index >= 15 is 0 Å². The molecule has 0 radical (unpaired) electrons. The highest BCUT2D eigenvalue weighted by Gasteiger charge is 2.25. The van der Waals surface area contributed by atoms with Gasteiger partial charge in [-0.2, -0.15) is 4.31 Å². The Hall–Kier alpha value is -2.42. The first-order valence-electron chi connectivity index (χ1n) is 9.69. The lowest BCUT2D eigenvalue weighted by molar-refractivity contribution is 0.305. The van der Waals surface area contributed by atoms with Crippen LogP contribution in [0.4, 0.5) is 0 Å². The van der Waals surface area contributed by atoms with E-state index in [1.807, 2.05) is 43.5 Å². The van der Waals surface area contributed by atoms with Crippen LogP contribution in [0.3, 0.4) is 0 Å². The monoisotopic (exact) mass is 446 g/mol. The van der Waals surface area contributed by atoms with Crippen LogP contribution < -0.4 is 9.47 Å². The van der Waals surface area contributed by atoms with E-state index in [0.29, 0.717) is 31.0 Å². The summed E-state index contributed by atoms with van der Waals surface area (Å²) in [4.78, 5) is 4.81. The zero-order valence-electron chi connectivity index (χ0n) is 17.4. The molecule has 0 spiro atoms. The summed E-state index contributed by atoms with van der Waals surface area (Å²) in [7, 11) is -2.07. The number of hydrogen-bond acceptors (Lipinski definition) is 6. The summed E-state index contributed by atoms with van der Waals surface area (Å²) in [6.45, 7) is 4.98. The largest absolute Gasteiger partial charge is 0.497 e. The number of thiazole rings is 1. The zero-order valence-corrected chi connectivity index (χ0v) is 19.0. The smallest absolute Gasteiger partial charge is 0.243 e. The minimum absolute atomic E-state index is 0.225. The normalized spacial score (nSPS) is 11.6. The Balaban J connectivity index is 1.69. The van der Waals surface area contributed by atoms with Crippen LogP contribution in [0, 0.1) is 6.92 Å². The molecule has 0 aliphatic rings. The molecule has 0 atom stereocenters. The van der Waals surface area contributed by atoms with Crippen LogP contribution >= 0.6 is 11.3 Å². The molecule has 3 rings (SSSR count). The molecule has 0 aliphatic heterocycles. The van der Waals surface area contributed by atoms with Gasteiger partial charge in [-0.3, -0.25) is 0 Å². The first kappa shape index (κ1) is 22.3. The molecule has 1 heterocycles. The van der Waals surface area contributed by atoms with Crippen LogP contribution in [0.1, 0.15) is 29.6 Å². The molecule has 30 heavy (non-hydrogen) atoms. The molecule has 0 fully saturated rings. The SMILES string of the molecule is CCCN(Cc1csc(COc2ccc(C)cc2)n1)S(=O)(=O)c1ccc(OC)cc1. The van der Waals surface area contributed by atoms with Crippen molar-refractivity contribution in [2.75, 3.05) is 13.7 Å². The van der Waals surface area contributed by atoms with E-state index in [1.165, 1.54) is 21.2 Å². The van der Waals surface area contributed by atoms with Crippen molar-refractivity contribution in [1.29, 1.82) is 0 Å². The van der Waals surface area contributed by atoms with Gasteiger partial charge in [0.2, 0.25) is 10.0 Å². The minimum atomic E-state index is -3.63. The summed E-state index contributed by atoms with van der Waals surface area (Å²) in [5, 5.41) is 2.70. The van der Waals surface area contributed by atoms with E-state index in [4.69, 9.17) is 9.47 Å². The molecule has 0 amide bonds. The van der Waals surface area contributed by atoms with Crippen LogP contribution in [-0.2, 0) is 23.2 Å². The number of aromatic nitrogens is 1. The van der Waals surface area contributed by atoms with E-state index in [0.717, 1.165) is 10.8 Å².